The van der Waals surface area contributed by atoms with Crippen LogP contribution in [0, 0.1) is 19.8 Å². The van der Waals surface area contributed by atoms with Crippen molar-refractivity contribution in [2.24, 2.45) is 5.92 Å². The second kappa shape index (κ2) is 6.04. The maximum absolute atomic E-state index is 3.77. The van der Waals surface area contributed by atoms with Gasteiger partial charge in [-0.3, -0.25) is 0 Å². The fraction of sp³-hybridized carbons (Fsp3) is 0.400. The van der Waals surface area contributed by atoms with Gasteiger partial charge in [-0.25, -0.2) is 0 Å². The Morgan fingerprint density at radius 1 is 1.00 bits per heavy atom. The van der Waals surface area contributed by atoms with Gasteiger partial charge >= 0.3 is 0 Å². The van der Waals surface area contributed by atoms with Crippen molar-refractivity contribution >= 4 is 11.4 Å². The Balaban J connectivity index is 1.96. The Bertz CT molecular complexity index is 645. The first-order valence-corrected chi connectivity index (χ1v) is 8.28. The molecule has 1 heterocycles. The van der Waals surface area contributed by atoms with Gasteiger partial charge in [0.15, 0.2) is 0 Å². The van der Waals surface area contributed by atoms with Gasteiger partial charge < -0.3 is 10.6 Å². The smallest absolute Gasteiger partial charge is 0.0579 e. The van der Waals surface area contributed by atoms with Crippen LogP contribution in [0.3, 0.4) is 0 Å². The first-order valence-electron chi connectivity index (χ1n) is 8.28. The number of hydrogen-bond donors (Lipinski definition) is 2. The molecule has 0 aromatic heterocycles. The SMILES string of the molecule is CC[C@H]1Nc2ccc(C)cc2[C@@H](Nc2ccc(C)cc2)[C@@H]1C. The van der Waals surface area contributed by atoms with Crippen molar-refractivity contribution < 1.29 is 0 Å². The van der Waals surface area contributed by atoms with Crippen LogP contribution in [0.2, 0.25) is 0 Å². The normalized spacial score (nSPS) is 23.5. The molecular weight excluding hydrogens is 268 g/mol. The van der Waals surface area contributed by atoms with Crippen molar-refractivity contribution in [1.82, 2.24) is 0 Å². The number of fused-ring (bicyclic) bond motifs is 1. The minimum atomic E-state index is 0.351. The van der Waals surface area contributed by atoms with Crippen LogP contribution in [-0.2, 0) is 0 Å². The third-order valence-corrected chi connectivity index (χ3v) is 4.86. The molecule has 0 saturated carbocycles. The lowest BCUT2D eigenvalue weighted by Gasteiger charge is -2.39. The van der Waals surface area contributed by atoms with Gasteiger partial charge in [-0.15, -0.1) is 0 Å². The first-order chi connectivity index (χ1) is 10.6. The van der Waals surface area contributed by atoms with E-state index in [4.69, 9.17) is 0 Å². The van der Waals surface area contributed by atoms with E-state index in [0.717, 1.165) is 6.42 Å². The molecule has 0 radical (unpaired) electrons. The summed E-state index contributed by atoms with van der Waals surface area (Å²) in [6.45, 7) is 8.90. The highest BCUT2D eigenvalue weighted by Gasteiger charge is 2.32. The fourth-order valence-corrected chi connectivity index (χ4v) is 3.43. The van der Waals surface area contributed by atoms with E-state index in [2.05, 4.69) is 80.8 Å². The second-order valence-corrected chi connectivity index (χ2v) is 6.60. The number of hydrogen-bond acceptors (Lipinski definition) is 2. The molecule has 2 aromatic rings. The minimum absolute atomic E-state index is 0.351. The van der Waals surface area contributed by atoms with Crippen LogP contribution in [0.1, 0.15) is 43.0 Å². The van der Waals surface area contributed by atoms with Gasteiger partial charge in [-0.1, -0.05) is 49.2 Å². The molecule has 0 amide bonds. The molecule has 0 bridgehead atoms. The van der Waals surface area contributed by atoms with Gasteiger partial charge in [-0.05, 0) is 44.0 Å². The Kier molecular flexibility index (Phi) is 4.10. The van der Waals surface area contributed by atoms with Gasteiger partial charge in [0.1, 0.15) is 0 Å². The Morgan fingerprint density at radius 3 is 2.36 bits per heavy atom. The number of rotatable bonds is 3. The van der Waals surface area contributed by atoms with E-state index < -0.39 is 0 Å². The molecule has 2 N–H and O–H groups in total. The van der Waals surface area contributed by atoms with E-state index in [1.165, 1.54) is 28.1 Å². The molecule has 3 rings (SSSR count). The van der Waals surface area contributed by atoms with Gasteiger partial charge in [-0.2, -0.15) is 0 Å². The topological polar surface area (TPSA) is 24.1 Å². The molecule has 0 saturated heterocycles. The van der Waals surface area contributed by atoms with Crippen molar-refractivity contribution in [1.29, 1.82) is 0 Å². The van der Waals surface area contributed by atoms with Crippen molar-refractivity contribution in [2.75, 3.05) is 10.6 Å². The van der Waals surface area contributed by atoms with E-state index in [1.54, 1.807) is 0 Å². The highest BCUT2D eigenvalue weighted by molar-refractivity contribution is 5.60. The zero-order chi connectivity index (χ0) is 15.7. The Morgan fingerprint density at radius 2 is 1.68 bits per heavy atom. The average molecular weight is 294 g/mol. The van der Waals surface area contributed by atoms with E-state index in [-0.39, 0.29) is 0 Å². The molecule has 0 fully saturated rings. The third kappa shape index (κ3) is 2.83. The van der Waals surface area contributed by atoms with Crippen molar-refractivity contribution in [3.05, 3.63) is 59.2 Å². The molecule has 2 aromatic carbocycles. The van der Waals surface area contributed by atoms with E-state index >= 15 is 0 Å². The summed E-state index contributed by atoms with van der Waals surface area (Å²) < 4.78 is 0. The first kappa shape index (κ1) is 15.0. The maximum atomic E-state index is 3.77. The van der Waals surface area contributed by atoms with Crippen LogP contribution in [0.4, 0.5) is 11.4 Å². The van der Waals surface area contributed by atoms with Gasteiger partial charge in [0.2, 0.25) is 0 Å². The van der Waals surface area contributed by atoms with Crippen LogP contribution < -0.4 is 10.6 Å². The molecule has 116 valence electrons. The number of nitrogens with one attached hydrogen (secondary N) is 2. The highest BCUT2D eigenvalue weighted by Crippen LogP contribution is 2.40. The monoisotopic (exact) mass is 294 g/mol. The van der Waals surface area contributed by atoms with Gasteiger partial charge in [0, 0.05) is 23.3 Å². The summed E-state index contributed by atoms with van der Waals surface area (Å²) in [4.78, 5) is 0. The molecule has 0 spiro atoms. The van der Waals surface area contributed by atoms with Crippen molar-refractivity contribution in [2.45, 2.75) is 46.2 Å². The number of aryl methyl sites for hydroxylation is 2. The molecule has 1 aliphatic rings. The van der Waals surface area contributed by atoms with E-state index in [9.17, 15) is 0 Å². The standard InChI is InChI=1S/C20H26N2/c1-5-18-15(4)20(21-16-9-6-13(2)7-10-16)17-12-14(3)8-11-19(17)22-18/h6-12,15,18,20-22H,5H2,1-4H3/t15-,18-,20+/m1/s1. The zero-order valence-electron chi connectivity index (χ0n) is 14.0. The summed E-state index contributed by atoms with van der Waals surface area (Å²) in [5.41, 5.74) is 6.48. The quantitative estimate of drug-likeness (QED) is 0.803. The molecule has 1 aliphatic heterocycles. The Hall–Kier alpha value is -1.96. The maximum Gasteiger partial charge on any atom is 0.0579 e. The molecule has 0 unspecified atom stereocenters. The summed E-state index contributed by atoms with van der Waals surface area (Å²) >= 11 is 0. The lowest BCUT2D eigenvalue weighted by molar-refractivity contribution is 0.400. The predicted octanol–water partition coefficient (Wildman–Crippen LogP) is 5.30. The molecular formula is C20H26N2. The van der Waals surface area contributed by atoms with Crippen LogP contribution in [-0.4, -0.2) is 6.04 Å². The lowest BCUT2D eigenvalue weighted by Crippen LogP contribution is -2.38. The largest absolute Gasteiger partial charge is 0.382 e. The summed E-state index contributed by atoms with van der Waals surface area (Å²) in [7, 11) is 0. The van der Waals surface area contributed by atoms with E-state index in [0.29, 0.717) is 18.0 Å². The number of anilines is 2. The van der Waals surface area contributed by atoms with Gasteiger partial charge in [0.05, 0.1) is 6.04 Å². The van der Waals surface area contributed by atoms with Crippen LogP contribution in [0.5, 0.6) is 0 Å². The fourth-order valence-electron chi connectivity index (χ4n) is 3.43. The molecule has 3 atom stereocenters. The summed E-state index contributed by atoms with van der Waals surface area (Å²) in [5, 5.41) is 7.47. The van der Waals surface area contributed by atoms with Crippen molar-refractivity contribution in [3.63, 3.8) is 0 Å². The van der Waals surface area contributed by atoms with Crippen molar-refractivity contribution in [3.8, 4) is 0 Å². The van der Waals surface area contributed by atoms with Crippen LogP contribution in [0.15, 0.2) is 42.5 Å². The summed E-state index contributed by atoms with van der Waals surface area (Å²) in [5.74, 6) is 0.542. The summed E-state index contributed by atoms with van der Waals surface area (Å²) in [6, 6.07) is 16.3. The zero-order valence-corrected chi connectivity index (χ0v) is 14.0. The van der Waals surface area contributed by atoms with Crippen LogP contribution in [0.25, 0.3) is 0 Å². The minimum Gasteiger partial charge on any atom is -0.382 e. The molecule has 0 aliphatic carbocycles. The van der Waals surface area contributed by atoms with E-state index in [1.807, 2.05) is 0 Å². The van der Waals surface area contributed by atoms with Gasteiger partial charge in [0.25, 0.3) is 0 Å². The Labute approximate surface area is 134 Å². The second-order valence-electron chi connectivity index (χ2n) is 6.60. The average Bonchev–Trinajstić information content (AvgIpc) is 2.52. The number of benzene rings is 2. The third-order valence-electron chi connectivity index (χ3n) is 4.86. The molecule has 2 heteroatoms. The lowest BCUT2D eigenvalue weighted by atomic mass is 9.82. The molecule has 22 heavy (non-hydrogen) atoms. The molecule has 2 nitrogen and oxygen atoms in total. The predicted molar refractivity (Wildman–Crippen MR) is 95.6 cm³/mol. The highest BCUT2D eigenvalue weighted by atomic mass is 15.0. The summed E-state index contributed by atoms with van der Waals surface area (Å²) in [6.07, 6.45) is 1.14. The van der Waals surface area contributed by atoms with Crippen LogP contribution >= 0.6 is 0 Å².